The van der Waals surface area contributed by atoms with Crippen molar-refractivity contribution in [2.24, 2.45) is 0 Å². The Hall–Kier alpha value is -3.15. The zero-order valence-electron chi connectivity index (χ0n) is 16.6. The van der Waals surface area contributed by atoms with Gasteiger partial charge in [-0.3, -0.25) is 14.0 Å². The molecule has 2 heterocycles. The summed E-state index contributed by atoms with van der Waals surface area (Å²) in [5, 5.41) is 5.86. The minimum Gasteiger partial charge on any atom is -0.349 e. The number of unbranched alkanes of at least 4 members (excludes halogenated alkanes) is 1. The van der Waals surface area contributed by atoms with Gasteiger partial charge < -0.3 is 10.6 Å². The number of fused-ring (bicyclic) bond motifs is 1. The van der Waals surface area contributed by atoms with Crippen molar-refractivity contribution >= 4 is 23.0 Å². The molecular weight excluding hydrogens is 352 g/mol. The zero-order chi connectivity index (χ0) is 20.1. The van der Waals surface area contributed by atoms with Gasteiger partial charge in [0.2, 0.25) is 5.82 Å². The van der Waals surface area contributed by atoms with Crippen LogP contribution in [0.25, 0.3) is 5.52 Å². The molecule has 2 amide bonds. The maximum absolute atomic E-state index is 13.0. The number of nitrogens with zero attached hydrogens (tertiary/aromatic N) is 2. The molecule has 0 saturated carbocycles. The number of rotatable bonds is 7. The maximum atomic E-state index is 13.0. The fourth-order valence-corrected chi connectivity index (χ4v) is 3.20. The Kier molecular flexibility index (Phi) is 6.09. The van der Waals surface area contributed by atoms with Crippen LogP contribution in [0.3, 0.4) is 0 Å². The molecular formula is C22H26N4O2. The first-order valence-corrected chi connectivity index (χ1v) is 9.71. The lowest BCUT2D eigenvalue weighted by Gasteiger charge is -2.12. The molecule has 146 valence electrons. The van der Waals surface area contributed by atoms with Crippen LogP contribution < -0.4 is 10.6 Å². The fourth-order valence-electron chi connectivity index (χ4n) is 3.20. The van der Waals surface area contributed by atoms with Crippen molar-refractivity contribution in [3.05, 3.63) is 65.2 Å². The highest BCUT2D eigenvalue weighted by Gasteiger charge is 2.22. The Bertz CT molecular complexity index is 1010. The van der Waals surface area contributed by atoms with E-state index in [9.17, 15) is 9.59 Å². The van der Waals surface area contributed by atoms with Crippen molar-refractivity contribution in [3.63, 3.8) is 0 Å². The number of aryl methyl sites for hydroxylation is 2. The normalized spacial score (nSPS) is 10.8. The monoisotopic (exact) mass is 378 g/mol. The molecule has 0 saturated heterocycles. The SMILES string of the molecule is CCCCNC(=O)c1nc(C(=O)Nc2c(C)cccc2CC)c2ccccn12. The van der Waals surface area contributed by atoms with E-state index in [0.29, 0.717) is 12.1 Å². The van der Waals surface area contributed by atoms with Crippen molar-refractivity contribution in [2.75, 3.05) is 11.9 Å². The van der Waals surface area contributed by atoms with Gasteiger partial charge in [0.1, 0.15) is 0 Å². The number of anilines is 1. The quantitative estimate of drug-likeness (QED) is 0.611. The molecule has 6 heteroatoms. The molecule has 0 bridgehead atoms. The third-order valence-corrected chi connectivity index (χ3v) is 4.76. The van der Waals surface area contributed by atoms with E-state index in [4.69, 9.17) is 0 Å². The third kappa shape index (κ3) is 3.91. The summed E-state index contributed by atoms with van der Waals surface area (Å²) in [5.41, 5.74) is 3.71. The molecule has 0 radical (unpaired) electrons. The molecule has 0 atom stereocenters. The highest BCUT2D eigenvalue weighted by molar-refractivity contribution is 6.09. The summed E-state index contributed by atoms with van der Waals surface area (Å²) in [6.45, 7) is 6.67. The predicted octanol–water partition coefficient (Wildman–Crippen LogP) is 3.99. The average molecular weight is 378 g/mol. The highest BCUT2D eigenvalue weighted by atomic mass is 16.2. The van der Waals surface area contributed by atoms with Gasteiger partial charge in [-0.25, -0.2) is 4.98 Å². The van der Waals surface area contributed by atoms with Gasteiger partial charge in [0.25, 0.3) is 11.8 Å². The standard InChI is InChI=1S/C22H26N4O2/c1-4-6-13-23-22(28)20-24-19(17-12-7-8-14-26(17)20)21(27)25-18-15(3)10-9-11-16(18)5-2/h7-12,14H,4-6,13H2,1-3H3,(H,23,28)(H,25,27). The summed E-state index contributed by atoms with van der Waals surface area (Å²) >= 11 is 0. The number of nitrogens with one attached hydrogen (secondary N) is 2. The van der Waals surface area contributed by atoms with Gasteiger partial charge in [0.05, 0.1) is 5.52 Å². The number of hydrogen-bond acceptors (Lipinski definition) is 3. The predicted molar refractivity (Wildman–Crippen MR) is 111 cm³/mol. The lowest BCUT2D eigenvalue weighted by molar-refractivity contribution is 0.0942. The number of hydrogen-bond donors (Lipinski definition) is 2. The number of para-hydroxylation sites is 1. The van der Waals surface area contributed by atoms with Gasteiger partial charge in [-0.15, -0.1) is 0 Å². The topological polar surface area (TPSA) is 75.5 Å². The maximum Gasteiger partial charge on any atom is 0.287 e. The lowest BCUT2D eigenvalue weighted by Crippen LogP contribution is -2.26. The Morgan fingerprint density at radius 3 is 2.64 bits per heavy atom. The van der Waals surface area contributed by atoms with Crippen LogP contribution >= 0.6 is 0 Å². The first-order valence-electron chi connectivity index (χ1n) is 9.71. The number of aromatic nitrogens is 2. The molecule has 0 spiro atoms. The van der Waals surface area contributed by atoms with Gasteiger partial charge in [0.15, 0.2) is 5.69 Å². The number of pyridine rings is 1. The van der Waals surface area contributed by atoms with Gasteiger partial charge in [-0.2, -0.15) is 0 Å². The van der Waals surface area contributed by atoms with Gasteiger partial charge in [0, 0.05) is 18.4 Å². The smallest absolute Gasteiger partial charge is 0.287 e. The second-order valence-corrected chi connectivity index (χ2v) is 6.77. The molecule has 3 rings (SSSR count). The molecule has 6 nitrogen and oxygen atoms in total. The molecule has 0 aliphatic carbocycles. The second-order valence-electron chi connectivity index (χ2n) is 6.77. The Labute approximate surface area is 165 Å². The van der Waals surface area contributed by atoms with Gasteiger partial charge in [-0.05, 0) is 43.0 Å². The Morgan fingerprint density at radius 2 is 1.89 bits per heavy atom. The van der Waals surface area contributed by atoms with E-state index in [2.05, 4.69) is 29.5 Å². The summed E-state index contributed by atoms with van der Waals surface area (Å²) in [7, 11) is 0. The van der Waals surface area contributed by atoms with Crippen molar-refractivity contribution in [2.45, 2.75) is 40.0 Å². The van der Waals surface area contributed by atoms with Crippen LogP contribution in [-0.2, 0) is 6.42 Å². The molecule has 2 aromatic heterocycles. The minimum absolute atomic E-state index is 0.220. The Morgan fingerprint density at radius 1 is 1.07 bits per heavy atom. The van der Waals surface area contributed by atoms with E-state index in [1.54, 1.807) is 16.7 Å². The van der Waals surface area contributed by atoms with E-state index < -0.39 is 0 Å². The molecule has 3 aromatic rings. The van der Waals surface area contributed by atoms with Crippen molar-refractivity contribution in [1.82, 2.24) is 14.7 Å². The van der Waals surface area contributed by atoms with Crippen LogP contribution in [0, 0.1) is 6.92 Å². The van der Waals surface area contributed by atoms with Crippen molar-refractivity contribution < 1.29 is 9.59 Å². The van der Waals surface area contributed by atoms with E-state index in [1.165, 1.54) is 0 Å². The van der Waals surface area contributed by atoms with E-state index in [-0.39, 0.29) is 23.3 Å². The Balaban J connectivity index is 1.95. The summed E-state index contributed by atoms with van der Waals surface area (Å²) in [5.74, 6) is -0.378. The summed E-state index contributed by atoms with van der Waals surface area (Å²) < 4.78 is 1.66. The van der Waals surface area contributed by atoms with Crippen LogP contribution in [0.5, 0.6) is 0 Å². The number of carbonyl (C=O) groups is 2. The van der Waals surface area contributed by atoms with Crippen LogP contribution in [0.2, 0.25) is 0 Å². The van der Waals surface area contributed by atoms with Gasteiger partial charge >= 0.3 is 0 Å². The van der Waals surface area contributed by atoms with E-state index >= 15 is 0 Å². The van der Waals surface area contributed by atoms with E-state index in [0.717, 1.165) is 36.1 Å². The second kappa shape index (κ2) is 8.69. The summed E-state index contributed by atoms with van der Waals surface area (Å²) in [6, 6.07) is 11.4. The molecule has 0 unspecified atom stereocenters. The molecule has 0 aliphatic heterocycles. The third-order valence-electron chi connectivity index (χ3n) is 4.76. The first kappa shape index (κ1) is 19.6. The highest BCUT2D eigenvalue weighted by Crippen LogP contribution is 2.23. The van der Waals surface area contributed by atoms with Crippen molar-refractivity contribution in [3.8, 4) is 0 Å². The van der Waals surface area contributed by atoms with Crippen molar-refractivity contribution in [1.29, 1.82) is 0 Å². The van der Waals surface area contributed by atoms with Crippen LogP contribution in [0.1, 0.15) is 58.9 Å². The number of amides is 2. The van der Waals surface area contributed by atoms with Gasteiger partial charge in [-0.1, -0.05) is 44.5 Å². The number of carbonyl (C=O) groups excluding carboxylic acids is 2. The molecule has 0 aliphatic rings. The molecule has 2 N–H and O–H groups in total. The zero-order valence-corrected chi connectivity index (χ0v) is 16.6. The first-order chi connectivity index (χ1) is 13.6. The molecule has 0 fully saturated rings. The van der Waals surface area contributed by atoms with E-state index in [1.807, 2.05) is 37.3 Å². The average Bonchev–Trinajstić information content (AvgIpc) is 3.09. The fraction of sp³-hybridized carbons (Fsp3) is 0.318. The summed E-state index contributed by atoms with van der Waals surface area (Å²) in [4.78, 5) is 30.0. The van der Waals surface area contributed by atoms with Crippen LogP contribution in [0.15, 0.2) is 42.6 Å². The minimum atomic E-state index is -0.319. The lowest BCUT2D eigenvalue weighted by atomic mass is 10.1. The molecule has 1 aromatic carbocycles. The largest absolute Gasteiger partial charge is 0.349 e. The number of benzene rings is 1. The molecule has 28 heavy (non-hydrogen) atoms. The number of imidazole rings is 1. The van der Waals surface area contributed by atoms with Crippen LogP contribution in [0.4, 0.5) is 5.69 Å². The summed E-state index contributed by atoms with van der Waals surface area (Å²) in [6.07, 6.45) is 4.45. The van der Waals surface area contributed by atoms with Crippen LogP contribution in [-0.4, -0.2) is 27.7 Å².